The highest BCUT2D eigenvalue weighted by atomic mass is 127. The van der Waals surface area contributed by atoms with E-state index in [1.807, 2.05) is 7.05 Å². The third-order valence-electron chi connectivity index (χ3n) is 5.11. The van der Waals surface area contributed by atoms with Gasteiger partial charge in [-0.3, -0.25) is 4.99 Å². The van der Waals surface area contributed by atoms with E-state index >= 15 is 0 Å². The quantitative estimate of drug-likeness (QED) is 0.239. The van der Waals surface area contributed by atoms with Crippen molar-refractivity contribution in [2.24, 2.45) is 10.9 Å². The van der Waals surface area contributed by atoms with Crippen LogP contribution < -0.4 is 5.32 Å². The molecule has 0 saturated carbocycles. The third-order valence-corrected chi connectivity index (χ3v) is 5.11. The van der Waals surface area contributed by atoms with Crippen LogP contribution in [0.3, 0.4) is 0 Å². The van der Waals surface area contributed by atoms with E-state index in [1.165, 1.54) is 39.0 Å². The highest BCUT2D eigenvalue weighted by Crippen LogP contribution is 2.16. The number of methoxy groups -OCH3 is 1. The molecule has 7 nitrogen and oxygen atoms in total. The zero-order chi connectivity index (χ0) is 17.9. The molecule has 2 rings (SSSR count). The van der Waals surface area contributed by atoms with Gasteiger partial charge >= 0.3 is 0 Å². The Labute approximate surface area is 176 Å². The molecule has 0 aromatic carbocycles. The topological polar surface area (TPSA) is 52.6 Å². The van der Waals surface area contributed by atoms with E-state index < -0.39 is 0 Å². The molecule has 0 bridgehead atoms. The van der Waals surface area contributed by atoms with Crippen molar-refractivity contribution in [2.45, 2.75) is 12.8 Å². The number of halogens is 1. The molecule has 2 heterocycles. The van der Waals surface area contributed by atoms with Crippen molar-refractivity contribution in [1.29, 1.82) is 0 Å². The molecule has 1 atom stereocenters. The molecule has 0 amide bonds. The SMILES string of the molecule is CN=C(NCCN1CCCN(C)CC1)N1CCC(COCCOC)C1.I. The summed E-state index contributed by atoms with van der Waals surface area (Å²) in [5, 5.41) is 3.55. The van der Waals surface area contributed by atoms with Crippen LogP contribution in [-0.2, 0) is 9.47 Å². The lowest BCUT2D eigenvalue weighted by Gasteiger charge is -2.24. The van der Waals surface area contributed by atoms with E-state index in [1.54, 1.807) is 7.11 Å². The Balaban J connectivity index is 0.00000338. The van der Waals surface area contributed by atoms with Crippen molar-refractivity contribution < 1.29 is 9.47 Å². The van der Waals surface area contributed by atoms with Crippen molar-refractivity contribution in [2.75, 3.05) is 93.4 Å². The van der Waals surface area contributed by atoms with E-state index in [0.717, 1.165) is 38.7 Å². The molecule has 0 radical (unpaired) electrons. The van der Waals surface area contributed by atoms with Gasteiger partial charge in [0.25, 0.3) is 0 Å². The number of rotatable bonds is 8. The van der Waals surface area contributed by atoms with Crippen molar-refractivity contribution in [1.82, 2.24) is 20.0 Å². The first kappa shape index (κ1) is 23.9. The van der Waals surface area contributed by atoms with E-state index in [0.29, 0.717) is 19.1 Å². The normalized spacial score (nSPS) is 23.0. The second-order valence-corrected chi connectivity index (χ2v) is 7.14. The Morgan fingerprint density at radius 1 is 1.15 bits per heavy atom. The predicted molar refractivity (Wildman–Crippen MR) is 118 cm³/mol. The fourth-order valence-electron chi connectivity index (χ4n) is 3.54. The highest BCUT2D eigenvalue weighted by Gasteiger charge is 2.25. The summed E-state index contributed by atoms with van der Waals surface area (Å²) < 4.78 is 10.7. The fourth-order valence-corrected chi connectivity index (χ4v) is 3.54. The van der Waals surface area contributed by atoms with Crippen molar-refractivity contribution in [3.8, 4) is 0 Å². The standard InChI is InChI=1S/C18H37N5O2.HI/c1-19-18(20-6-10-22-8-4-7-21(2)11-12-22)23-9-5-17(15-23)16-25-14-13-24-3;/h17H,4-16H2,1-3H3,(H,19,20);1H. The molecule has 0 aromatic heterocycles. The van der Waals surface area contributed by atoms with Crippen LogP contribution in [0.1, 0.15) is 12.8 Å². The molecule has 154 valence electrons. The van der Waals surface area contributed by atoms with Gasteiger partial charge in [-0.05, 0) is 33.0 Å². The number of hydrogen-bond donors (Lipinski definition) is 1. The Bertz CT molecular complexity index is 400. The predicted octanol–water partition coefficient (Wildman–Crippen LogP) is 0.802. The van der Waals surface area contributed by atoms with Crippen molar-refractivity contribution in [3.05, 3.63) is 0 Å². The van der Waals surface area contributed by atoms with Gasteiger partial charge in [0.15, 0.2) is 5.96 Å². The average Bonchev–Trinajstić information content (AvgIpc) is 2.98. The Kier molecular flexibility index (Phi) is 12.8. The van der Waals surface area contributed by atoms with Crippen molar-refractivity contribution >= 4 is 29.9 Å². The zero-order valence-electron chi connectivity index (χ0n) is 16.8. The molecule has 8 heteroatoms. The van der Waals surface area contributed by atoms with Crippen LogP contribution in [0.25, 0.3) is 0 Å². The summed E-state index contributed by atoms with van der Waals surface area (Å²) in [4.78, 5) is 11.8. The Morgan fingerprint density at radius 3 is 2.77 bits per heavy atom. The monoisotopic (exact) mass is 483 g/mol. The molecule has 0 aliphatic carbocycles. The lowest BCUT2D eigenvalue weighted by atomic mass is 10.1. The molecular weight excluding hydrogens is 445 g/mol. The maximum absolute atomic E-state index is 5.68. The minimum absolute atomic E-state index is 0. The van der Waals surface area contributed by atoms with Crippen LogP contribution in [0.5, 0.6) is 0 Å². The number of likely N-dealkylation sites (tertiary alicyclic amines) is 1. The van der Waals surface area contributed by atoms with E-state index in [9.17, 15) is 0 Å². The van der Waals surface area contributed by atoms with Gasteiger partial charge in [-0.1, -0.05) is 0 Å². The van der Waals surface area contributed by atoms with Crippen LogP contribution in [0.2, 0.25) is 0 Å². The number of nitrogens with one attached hydrogen (secondary N) is 1. The van der Waals surface area contributed by atoms with Crippen LogP contribution in [0.15, 0.2) is 4.99 Å². The first-order valence-corrected chi connectivity index (χ1v) is 9.66. The van der Waals surface area contributed by atoms with Gasteiger partial charge in [0.05, 0.1) is 19.8 Å². The summed E-state index contributed by atoms with van der Waals surface area (Å²) in [7, 11) is 5.80. The van der Waals surface area contributed by atoms with Gasteiger partial charge < -0.3 is 29.5 Å². The first-order chi connectivity index (χ1) is 12.2. The molecule has 2 aliphatic heterocycles. The molecule has 2 fully saturated rings. The smallest absolute Gasteiger partial charge is 0.193 e. The summed E-state index contributed by atoms with van der Waals surface area (Å²) in [6.45, 7) is 11.1. The lowest BCUT2D eigenvalue weighted by Crippen LogP contribution is -2.44. The number of likely N-dealkylation sites (N-methyl/N-ethyl adjacent to an activating group) is 1. The van der Waals surface area contributed by atoms with Gasteiger partial charge in [-0.2, -0.15) is 0 Å². The highest BCUT2D eigenvalue weighted by molar-refractivity contribution is 14.0. The number of aliphatic imine (C=N–C) groups is 1. The van der Waals surface area contributed by atoms with E-state index in [-0.39, 0.29) is 24.0 Å². The molecule has 2 saturated heterocycles. The molecule has 2 aliphatic rings. The minimum atomic E-state index is 0. The van der Waals surface area contributed by atoms with Crippen LogP contribution in [0, 0.1) is 5.92 Å². The Hall–Kier alpha value is -0.160. The molecular formula is C18H38IN5O2. The first-order valence-electron chi connectivity index (χ1n) is 9.66. The van der Waals surface area contributed by atoms with Crippen LogP contribution in [0.4, 0.5) is 0 Å². The maximum atomic E-state index is 5.68. The fraction of sp³-hybridized carbons (Fsp3) is 0.944. The largest absolute Gasteiger partial charge is 0.382 e. The van der Waals surface area contributed by atoms with Gasteiger partial charge in [0, 0.05) is 59.3 Å². The summed E-state index contributed by atoms with van der Waals surface area (Å²) in [5.41, 5.74) is 0. The van der Waals surface area contributed by atoms with Gasteiger partial charge in [-0.25, -0.2) is 0 Å². The summed E-state index contributed by atoms with van der Waals surface area (Å²) in [5.74, 6) is 1.63. The van der Waals surface area contributed by atoms with E-state index in [2.05, 4.69) is 32.1 Å². The number of nitrogens with zero attached hydrogens (tertiary/aromatic N) is 4. The van der Waals surface area contributed by atoms with E-state index in [4.69, 9.17) is 9.47 Å². The molecule has 1 N–H and O–H groups in total. The van der Waals surface area contributed by atoms with Crippen LogP contribution >= 0.6 is 24.0 Å². The second kappa shape index (κ2) is 13.9. The average molecular weight is 483 g/mol. The van der Waals surface area contributed by atoms with Crippen LogP contribution in [-0.4, -0.2) is 114 Å². The summed E-state index contributed by atoms with van der Waals surface area (Å²) >= 11 is 0. The number of hydrogen-bond acceptors (Lipinski definition) is 5. The second-order valence-electron chi connectivity index (χ2n) is 7.14. The summed E-state index contributed by atoms with van der Waals surface area (Å²) in [6.07, 6.45) is 2.44. The summed E-state index contributed by atoms with van der Waals surface area (Å²) in [6, 6.07) is 0. The molecule has 26 heavy (non-hydrogen) atoms. The lowest BCUT2D eigenvalue weighted by molar-refractivity contribution is 0.0536. The zero-order valence-corrected chi connectivity index (χ0v) is 19.1. The van der Waals surface area contributed by atoms with Gasteiger partial charge in [0.2, 0.25) is 0 Å². The van der Waals surface area contributed by atoms with Gasteiger partial charge in [-0.15, -0.1) is 24.0 Å². The number of ether oxygens (including phenoxy) is 2. The third kappa shape index (κ3) is 8.69. The molecule has 0 aromatic rings. The Morgan fingerprint density at radius 2 is 2.00 bits per heavy atom. The van der Waals surface area contributed by atoms with Crippen molar-refractivity contribution in [3.63, 3.8) is 0 Å². The molecule has 0 spiro atoms. The molecule has 1 unspecified atom stereocenters. The maximum Gasteiger partial charge on any atom is 0.193 e. The van der Waals surface area contributed by atoms with Gasteiger partial charge in [0.1, 0.15) is 0 Å². The minimum Gasteiger partial charge on any atom is -0.382 e. The number of guanidine groups is 1.